The zero-order chi connectivity index (χ0) is 9.42. The fourth-order valence-corrected chi connectivity index (χ4v) is 1.65. The summed E-state index contributed by atoms with van der Waals surface area (Å²) in [6.45, 7) is 2.68. The molecule has 2 nitrogen and oxygen atoms in total. The quantitative estimate of drug-likeness (QED) is 0.462. The first kappa shape index (κ1) is 8.48. The van der Waals surface area contributed by atoms with E-state index in [1.54, 1.807) is 0 Å². The van der Waals surface area contributed by atoms with Gasteiger partial charge in [0.25, 0.3) is 0 Å². The molecule has 3 heteroatoms. The Labute approximate surface area is 79.5 Å². The summed E-state index contributed by atoms with van der Waals surface area (Å²) in [6.07, 6.45) is 2.07. The Morgan fingerprint density at radius 3 is 3.08 bits per heavy atom. The second-order valence-electron chi connectivity index (χ2n) is 3.44. The van der Waals surface area contributed by atoms with E-state index < -0.39 is 0 Å². The summed E-state index contributed by atoms with van der Waals surface area (Å²) in [5, 5.41) is 0. The largest absolute Gasteiger partial charge is 0.494 e. The van der Waals surface area contributed by atoms with Gasteiger partial charge in [-0.15, -0.1) is 0 Å². The van der Waals surface area contributed by atoms with Crippen molar-refractivity contribution in [2.24, 2.45) is 0 Å². The summed E-state index contributed by atoms with van der Waals surface area (Å²) in [5.41, 5.74) is 9.35. The molecule has 0 saturated heterocycles. The van der Waals surface area contributed by atoms with E-state index in [9.17, 15) is 0 Å². The topological polar surface area (TPSA) is 35.2 Å². The van der Waals surface area contributed by atoms with Crippen molar-refractivity contribution < 1.29 is 4.74 Å². The molecule has 2 radical (unpaired) electrons. The minimum absolute atomic E-state index is 0.703. The minimum atomic E-state index is 0.703. The highest BCUT2D eigenvalue weighted by Crippen LogP contribution is 2.26. The number of fused-ring (bicyclic) bond motifs is 1. The molecule has 0 fully saturated rings. The maximum Gasteiger partial charge on any atom is 0.119 e. The van der Waals surface area contributed by atoms with Crippen LogP contribution in [0.2, 0.25) is 0 Å². The smallest absolute Gasteiger partial charge is 0.119 e. The Morgan fingerprint density at radius 2 is 2.31 bits per heavy atom. The molecule has 0 saturated carbocycles. The SMILES string of the molecule is [B]c1c(C)c(N)cc2c1OCCC2. The highest BCUT2D eigenvalue weighted by atomic mass is 16.5. The van der Waals surface area contributed by atoms with Gasteiger partial charge in [0.05, 0.1) is 6.61 Å². The zero-order valence-electron chi connectivity index (χ0n) is 7.76. The van der Waals surface area contributed by atoms with Crippen molar-refractivity contribution in [3.05, 3.63) is 17.2 Å². The maximum atomic E-state index is 5.90. The van der Waals surface area contributed by atoms with Gasteiger partial charge < -0.3 is 10.5 Å². The summed E-state index contributed by atoms with van der Waals surface area (Å²) in [6, 6.07) is 1.97. The number of benzene rings is 1. The number of hydrogen-bond acceptors (Lipinski definition) is 2. The third kappa shape index (κ3) is 1.28. The van der Waals surface area contributed by atoms with E-state index in [2.05, 4.69) is 0 Å². The van der Waals surface area contributed by atoms with Gasteiger partial charge in [0.1, 0.15) is 13.6 Å². The third-order valence-corrected chi connectivity index (χ3v) is 2.54. The van der Waals surface area contributed by atoms with Gasteiger partial charge in [-0.25, -0.2) is 0 Å². The molecule has 0 atom stereocenters. The van der Waals surface area contributed by atoms with Gasteiger partial charge in [0, 0.05) is 5.69 Å². The molecule has 1 aromatic rings. The van der Waals surface area contributed by atoms with Crippen molar-refractivity contribution >= 4 is 19.0 Å². The van der Waals surface area contributed by atoms with Gasteiger partial charge in [0.2, 0.25) is 0 Å². The van der Waals surface area contributed by atoms with E-state index >= 15 is 0 Å². The molecule has 0 aliphatic carbocycles. The van der Waals surface area contributed by atoms with Crippen molar-refractivity contribution in [1.29, 1.82) is 0 Å². The first-order valence-corrected chi connectivity index (χ1v) is 4.50. The van der Waals surface area contributed by atoms with Crippen molar-refractivity contribution in [3.63, 3.8) is 0 Å². The molecular formula is C10H12BNO. The van der Waals surface area contributed by atoms with Crippen LogP contribution < -0.4 is 15.9 Å². The average Bonchev–Trinajstić information content (AvgIpc) is 2.15. The van der Waals surface area contributed by atoms with E-state index in [0.717, 1.165) is 42.0 Å². The number of rotatable bonds is 0. The highest BCUT2D eigenvalue weighted by Gasteiger charge is 2.15. The summed E-state index contributed by atoms with van der Waals surface area (Å²) >= 11 is 0. The number of aryl methyl sites for hydroxylation is 1. The highest BCUT2D eigenvalue weighted by molar-refractivity contribution is 6.36. The number of nitrogen functional groups attached to an aromatic ring is 1. The van der Waals surface area contributed by atoms with Crippen LogP contribution in [-0.2, 0) is 6.42 Å². The second-order valence-corrected chi connectivity index (χ2v) is 3.44. The average molecular weight is 173 g/mol. The lowest BCUT2D eigenvalue weighted by Gasteiger charge is -2.21. The molecule has 1 aromatic carbocycles. The Bertz CT molecular complexity index is 349. The molecule has 1 heterocycles. The summed E-state index contributed by atoms with van der Waals surface area (Å²) in [5.74, 6) is 0.845. The predicted molar refractivity (Wildman–Crippen MR) is 54.8 cm³/mol. The van der Waals surface area contributed by atoms with Gasteiger partial charge in [-0.05, 0) is 37.0 Å². The third-order valence-electron chi connectivity index (χ3n) is 2.54. The van der Waals surface area contributed by atoms with Crippen LogP contribution in [0.1, 0.15) is 17.5 Å². The first-order valence-electron chi connectivity index (χ1n) is 4.50. The van der Waals surface area contributed by atoms with E-state index in [1.807, 2.05) is 13.0 Å². The fraction of sp³-hybridized carbons (Fsp3) is 0.400. The van der Waals surface area contributed by atoms with E-state index in [1.165, 1.54) is 0 Å². The number of anilines is 1. The molecular weight excluding hydrogens is 161 g/mol. The lowest BCUT2D eigenvalue weighted by Crippen LogP contribution is -2.21. The summed E-state index contributed by atoms with van der Waals surface area (Å²) < 4.78 is 5.51. The number of ether oxygens (including phenoxy) is 1. The first-order chi connectivity index (χ1) is 6.20. The monoisotopic (exact) mass is 173 g/mol. The summed E-state index contributed by atoms with van der Waals surface area (Å²) in [4.78, 5) is 0. The lowest BCUT2D eigenvalue weighted by molar-refractivity contribution is 0.291. The zero-order valence-corrected chi connectivity index (χ0v) is 7.76. The second kappa shape index (κ2) is 2.98. The van der Waals surface area contributed by atoms with Crippen molar-refractivity contribution in [1.82, 2.24) is 0 Å². The van der Waals surface area contributed by atoms with Crippen molar-refractivity contribution in [2.45, 2.75) is 19.8 Å². The fourth-order valence-electron chi connectivity index (χ4n) is 1.65. The van der Waals surface area contributed by atoms with Gasteiger partial charge in [0.15, 0.2) is 0 Å². The van der Waals surface area contributed by atoms with Gasteiger partial charge in [-0.1, -0.05) is 5.46 Å². The van der Waals surface area contributed by atoms with E-state index in [0.29, 0.717) is 5.46 Å². The number of nitrogens with two attached hydrogens (primary N) is 1. The molecule has 0 unspecified atom stereocenters. The maximum absolute atomic E-state index is 5.90. The van der Waals surface area contributed by atoms with Crippen molar-refractivity contribution in [2.75, 3.05) is 12.3 Å². The van der Waals surface area contributed by atoms with Crippen LogP contribution in [0.15, 0.2) is 6.07 Å². The van der Waals surface area contributed by atoms with E-state index in [4.69, 9.17) is 18.3 Å². The Morgan fingerprint density at radius 1 is 1.54 bits per heavy atom. The van der Waals surface area contributed by atoms with Crippen LogP contribution in [-0.4, -0.2) is 14.5 Å². The van der Waals surface area contributed by atoms with Gasteiger partial charge in [-0.3, -0.25) is 0 Å². The van der Waals surface area contributed by atoms with Crippen LogP contribution >= 0.6 is 0 Å². The molecule has 66 valence electrons. The Balaban J connectivity index is 2.60. The van der Waals surface area contributed by atoms with Crippen LogP contribution in [0.3, 0.4) is 0 Å². The molecule has 2 rings (SSSR count). The standard InChI is InChI=1S/C10H12BNO/c1-6-8(12)5-7-3-2-4-13-10(7)9(6)11/h5H,2-4,12H2,1H3. The number of hydrogen-bond donors (Lipinski definition) is 1. The van der Waals surface area contributed by atoms with Crippen LogP contribution in [0.25, 0.3) is 0 Å². The van der Waals surface area contributed by atoms with Crippen LogP contribution in [0, 0.1) is 6.92 Å². The van der Waals surface area contributed by atoms with Crippen LogP contribution in [0.4, 0.5) is 5.69 Å². The molecule has 13 heavy (non-hydrogen) atoms. The molecule has 2 N–H and O–H groups in total. The Hall–Kier alpha value is -1.12. The molecule has 1 aliphatic heterocycles. The van der Waals surface area contributed by atoms with E-state index in [-0.39, 0.29) is 0 Å². The lowest BCUT2D eigenvalue weighted by atomic mass is 9.85. The molecule has 0 bridgehead atoms. The van der Waals surface area contributed by atoms with Crippen LogP contribution in [0.5, 0.6) is 5.75 Å². The van der Waals surface area contributed by atoms with Crippen molar-refractivity contribution in [3.8, 4) is 5.75 Å². The molecule has 1 aliphatic rings. The van der Waals surface area contributed by atoms with Gasteiger partial charge in [-0.2, -0.15) is 0 Å². The molecule has 0 spiro atoms. The summed E-state index contributed by atoms with van der Waals surface area (Å²) in [7, 11) is 5.90. The Kier molecular flexibility index (Phi) is 1.95. The predicted octanol–water partition coefficient (Wildman–Crippen LogP) is 0.696. The molecule has 0 aromatic heterocycles. The normalized spacial score (nSPS) is 14.8. The van der Waals surface area contributed by atoms with Gasteiger partial charge >= 0.3 is 0 Å². The minimum Gasteiger partial charge on any atom is -0.494 e. The molecule has 0 amide bonds.